The molecule has 3 N–H and O–H groups in total. The monoisotopic (exact) mass is 452 g/mol. The number of aliphatic hydroxyl groups is 3. The first-order chi connectivity index (χ1) is 15.0. The fraction of sp³-hybridized carbons (Fsp3) is 0.833. The molecule has 5 aliphatic rings. The normalized spacial score (nSPS) is 52.0. The van der Waals surface area contributed by atoms with Crippen LogP contribution in [0.4, 0.5) is 4.39 Å². The van der Waals surface area contributed by atoms with E-state index < -0.39 is 58.5 Å². The summed E-state index contributed by atoms with van der Waals surface area (Å²) in [5, 5.41) is 32.8. The third-order valence-corrected chi connectivity index (χ3v) is 9.69. The number of halogens is 1. The third-order valence-electron chi connectivity index (χ3n) is 9.69. The lowest BCUT2D eigenvalue weighted by Gasteiger charge is -2.63. The van der Waals surface area contributed by atoms with Crippen LogP contribution in [0.5, 0.6) is 0 Å². The van der Waals surface area contributed by atoms with E-state index in [-0.39, 0.29) is 37.8 Å². The molecule has 5 rings (SSSR count). The summed E-state index contributed by atoms with van der Waals surface area (Å²) >= 11 is 0. The molecule has 7 nitrogen and oxygen atoms in total. The number of epoxide rings is 1. The van der Waals surface area contributed by atoms with Crippen LogP contribution < -0.4 is 0 Å². The van der Waals surface area contributed by atoms with E-state index >= 15 is 4.39 Å². The fourth-order valence-corrected chi connectivity index (χ4v) is 7.76. The molecule has 1 heterocycles. The molecule has 0 amide bonds. The Morgan fingerprint density at radius 1 is 1.31 bits per heavy atom. The fourth-order valence-electron chi connectivity index (χ4n) is 7.76. The number of fused-ring (bicyclic) bond motifs is 5. The highest BCUT2D eigenvalue weighted by Crippen LogP contribution is 2.70. The number of Topliss-reactive ketones (excluding diaryl/α,β-unsaturated/α-hetero) is 1. The molecule has 4 aliphatic carbocycles. The van der Waals surface area contributed by atoms with Gasteiger partial charge in [0.1, 0.15) is 18.4 Å². The number of aliphatic hydroxyl groups excluding tert-OH is 2. The Kier molecular flexibility index (Phi) is 5.05. The van der Waals surface area contributed by atoms with Crippen LogP contribution in [0, 0.1) is 22.7 Å². The zero-order valence-corrected chi connectivity index (χ0v) is 18.7. The SMILES string of the molecule is C[C@]12CCC(=O)C=C1CC[C@H]1[C@@H]3C[C@@H](OCC4CO4)[C@](O)(C(=O)CO)[C@@]3(C)C[C@H](O)[C@@]12F. The van der Waals surface area contributed by atoms with Gasteiger partial charge in [0.2, 0.25) is 0 Å². The maximum Gasteiger partial charge on any atom is 0.192 e. The second kappa shape index (κ2) is 7.15. The average molecular weight is 453 g/mol. The van der Waals surface area contributed by atoms with E-state index in [9.17, 15) is 24.9 Å². The number of alkyl halides is 1. The third kappa shape index (κ3) is 2.70. The summed E-state index contributed by atoms with van der Waals surface area (Å²) in [6.45, 7) is 3.45. The highest BCUT2D eigenvalue weighted by atomic mass is 19.1. The van der Waals surface area contributed by atoms with Crippen LogP contribution in [0.1, 0.15) is 52.4 Å². The van der Waals surface area contributed by atoms with Gasteiger partial charge in [-0.05, 0) is 44.1 Å². The summed E-state index contributed by atoms with van der Waals surface area (Å²) in [7, 11) is 0. The van der Waals surface area contributed by atoms with Gasteiger partial charge in [0.25, 0.3) is 0 Å². The summed E-state index contributed by atoms with van der Waals surface area (Å²) in [6.07, 6.45) is 0.848. The summed E-state index contributed by atoms with van der Waals surface area (Å²) in [5.41, 5.74) is -5.36. The van der Waals surface area contributed by atoms with Crippen molar-refractivity contribution in [2.24, 2.45) is 22.7 Å². The maximum absolute atomic E-state index is 17.2. The predicted molar refractivity (Wildman–Crippen MR) is 110 cm³/mol. The summed E-state index contributed by atoms with van der Waals surface area (Å²) < 4.78 is 28.3. The quantitative estimate of drug-likeness (QED) is 0.538. The van der Waals surface area contributed by atoms with Crippen LogP contribution in [0.2, 0.25) is 0 Å². The number of allylic oxidation sites excluding steroid dienone is 1. The van der Waals surface area contributed by atoms with Gasteiger partial charge >= 0.3 is 0 Å². The van der Waals surface area contributed by atoms with Crippen molar-refractivity contribution in [2.75, 3.05) is 19.8 Å². The molecule has 1 aliphatic heterocycles. The van der Waals surface area contributed by atoms with Gasteiger partial charge in [-0.2, -0.15) is 0 Å². The van der Waals surface area contributed by atoms with Crippen molar-refractivity contribution in [1.29, 1.82) is 0 Å². The van der Waals surface area contributed by atoms with Crippen LogP contribution in [-0.4, -0.2) is 76.3 Å². The zero-order chi connectivity index (χ0) is 23.1. The van der Waals surface area contributed by atoms with Gasteiger partial charge in [0, 0.05) is 23.2 Å². The number of rotatable bonds is 5. The minimum atomic E-state index is -2.02. The number of ketones is 2. The van der Waals surface area contributed by atoms with Crippen molar-refractivity contribution < 1.29 is 38.8 Å². The molecular weight excluding hydrogens is 419 g/mol. The van der Waals surface area contributed by atoms with Crippen molar-refractivity contribution >= 4 is 11.6 Å². The van der Waals surface area contributed by atoms with E-state index in [0.29, 0.717) is 25.9 Å². The van der Waals surface area contributed by atoms with Crippen LogP contribution in [-0.2, 0) is 19.1 Å². The molecule has 1 saturated heterocycles. The first kappa shape index (κ1) is 22.6. The Hall–Kier alpha value is -1.19. The van der Waals surface area contributed by atoms with E-state index in [1.54, 1.807) is 13.0 Å². The Balaban J connectivity index is 1.56. The van der Waals surface area contributed by atoms with Gasteiger partial charge in [-0.3, -0.25) is 9.59 Å². The molecule has 178 valence electrons. The van der Waals surface area contributed by atoms with Crippen molar-refractivity contribution in [3.8, 4) is 0 Å². The number of ether oxygens (including phenoxy) is 2. The standard InChI is InChI=1S/C24H33FO7/c1-21-6-5-14(27)7-13(21)3-4-16-17-8-20(32-12-15-11-31-15)24(30,19(29)10-26)22(17,2)9-18(28)23(16,21)25/h7,15-18,20,26,28,30H,3-6,8-12H2,1-2H3/t15?,16-,17-,18-,20+,21-,22-,23-,24+/m0/s1. The summed E-state index contributed by atoms with van der Waals surface area (Å²) in [5.74, 6) is -1.78. The lowest BCUT2D eigenvalue weighted by Crippen LogP contribution is -2.70. The molecule has 1 unspecified atom stereocenters. The molecule has 8 heteroatoms. The molecule has 0 radical (unpaired) electrons. The first-order valence-electron chi connectivity index (χ1n) is 11.7. The van der Waals surface area contributed by atoms with Gasteiger partial charge in [0.15, 0.2) is 17.2 Å². The summed E-state index contributed by atoms with van der Waals surface area (Å²) in [6, 6.07) is 0. The second-order valence-electron chi connectivity index (χ2n) is 11.0. The molecule has 0 aromatic carbocycles. The van der Waals surface area contributed by atoms with Gasteiger partial charge < -0.3 is 24.8 Å². The Labute approximate surface area is 187 Å². The highest BCUT2D eigenvalue weighted by Gasteiger charge is 2.76. The highest BCUT2D eigenvalue weighted by molar-refractivity contribution is 5.92. The Bertz CT molecular complexity index is 870. The van der Waals surface area contributed by atoms with E-state index in [1.165, 1.54) is 0 Å². The average Bonchev–Trinajstić information content (AvgIpc) is 3.55. The zero-order valence-electron chi connectivity index (χ0n) is 18.7. The van der Waals surface area contributed by atoms with Crippen LogP contribution in [0.25, 0.3) is 0 Å². The van der Waals surface area contributed by atoms with Gasteiger partial charge in [-0.25, -0.2) is 4.39 Å². The van der Waals surface area contributed by atoms with Crippen molar-refractivity contribution in [2.45, 2.75) is 82.0 Å². The Morgan fingerprint density at radius 2 is 2.03 bits per heavy atom. The molecule has 0 bridgehead atoms. The number of carbonyl (C=O) groups is 2. The lowest BCUT2D eigenvalue weighted by atomic mass is 9.44. The smallest absolute Gasteiger partial charge is 0.192 e. The molecule has 4 fully saturated rings. The second-order valence-corrected chi connectivity index (χ2v) is 11.0. The number of hydrogen-bond donors (Lipinski definition) is 3. The van der Waals surface area contributed by atoms with Gasteiger partial charge in [-0.1, -0.05) is 19.4 Å². The minimum absolute atomic E-state index is 0.00537. The van der Waals surface area contributed by atoms with E-state index in [4.69, 9.17) is 9.47 Å². The molecule has 9 atom stereocenters. The topological polar surface area (TPSA) is 117 Å². The minimum Gasteiger partial charge on any atom is -0.390 e. The van der Waals surface area contributed by atoms with Crippen LogP contribution >= 0.6 is 0 Å². The number of carbonyl (C=O) groups excluding carboxylic acids is 2. The molecule has 0 spiro atoms. The van der Waals surface area contributed by atoms with Crippen LogP contribution in [0.15, 0.2) is 11.6 Å². The molecule has 32 heavy (non-hydrogen) atoms. The van der Waals surface area contributed by atoms with E-state index in [0.717, 1.165) is 5.57 Å². The Morgan fingerprint density at radius 3 is 2.69 bits per heavy atom. The van der Waals surface area contributed by atoms with E-state index in [2.05, 4.69) is 0 Å². The van der Waals surface area contributed by atoms with Gasteiger partial charge in [0.05, 0.1) is 25.4 Å². The van der Waals surface area contributed by atoms with Crippen molar-refractivity contribution in [1.82, 2.24) is 0 Å². The number of hydrogen-bond acceptors (Lipinski definition) is 7. The molecular formula is C24H33FO7. The molecule has 0 aromatic rings. The van der Waals surface area contributed by atoms with Crippen molar-refractivity contribution in [3.05, 3.63) is 11.6 Å². The van der Waals surface area contributed by atoms with Crippen molar-refractivity contribution in [3.63, 3.8) is 0 Å². The molecule has 3 saturated carbocycles. The predicted octanol–water partition coefficient (Wildman–Crippen LogP) is 1.27. The summed E-state index contributed by atoms with van der Waals surface area (Å²) in [4.78, 5) is 24.9. The van der Waals surface area contributed by atoms with E-state index in [1.807, 2.05) is 6.92 Å². The first-order valence-corrected chi connectivity index (χ1v) is 11.7. The maximum atomic E-state index is 17.2. The lowest BCUT2D eigenvalue weighted by molar-refractivity contribution is -0.232. The largest absolute Gasteiger partial charge is 0.390 e. The molecule has 0 aromatic heterocycles. The van der Waals surface area contributed by atoms with Gasteiger partial charge in [-0.15, -0.1) is 0 Å². The van der Waals surface area contributed by atoms with Crippen LogP contribution in [0.3, 0.4) is 0 Å².